The molecule has 6 aliphatic rings. The van der Waals surface area contributed by atoms with Crippen molar-refractivity contribution in [1.29, 1.82) is 0 Å². The normalized spacial score (nSPS) is 24.0. The molecule has 16 heteroatoms. The van der Waals surface area contributed by atoms with E-state index in [0.717, 1.165) is 62.4 Å². The number of carbonyl (C=O) groups excluding carboxylic acids is 4. The van der Waals surface area contributed by atoms with Gasteiger partial charge in [0, 0.05) is 44.2 Å². The maximum absolute atomic E-state index is 13.8. The van der Waals surface area contributed by atoms with Crippen LogP contribution in [0.1, 0.15) is 127 Å². The van der Waals surface area contributed by atoms with Gasteiger partial charge in [-0.05, 0) is 92.5 Å². The molecule has 6 heterocycles. The molecule has 69 heavy (non-hydrogen) atoms. The van der Waals surface area contributed by atoms with Crippen molar-refractivity contribution in [2.75, 3.05) is 61.4 Å². The van der Waals surface area contributed by atoms with Crippen molar-refractivity contribution in [2.45, 2.75) is 134 Å². The summed E-state index contributed by atoms with van der Waals surface area (Å²) in [5.41, 5.74) is 10.8. The Hall–Kier alpha value is -6.03. The maximum Gasteiger partial charge on any atom is 0.415 e. The quantitative estimate of drug-likeness (QED) is 0.163. The number of nitrogens with zero attached hydrogens (tertiary/aromatic N) is 8. The van der Waals surface area contributed by atoms with Crippen LogP contribution in [0.25, 0.3) is 16.9 Å². The molecular weight excluding hydrogens is 873 g/mol. The average molecular weight is 941 g/mol. The Labute approximate surface area is 405 Å². The lowest BCUT2D eigenvalue weighted by Gasteiger charge is -2.42. The number of amides is 4. The first-order chi connectivity index (χ1) is 33.8. The van der Waals surface area contributed by atoms with Crippen LogP contribution in [0.2, 0.25) is 0 Å². The highest BCUT2D eigenvalue weighted by atomic mass is 16.6. The molecule has 3 saturated heterocycles. The van der Waals surface area contributed by atoms with Gasteiger partial charge in [0.15, 0.2) is 5.82 Å². The summed E-state index contributed by atoms with van der Waals surface area (Å²) in [7, 11) is 0. The second kappa shape index (κ2) is 21.3. The molecule has 2 aliphatic carbocycles. The first-order valence-corrected chi connectivity index (χ1v) is 25.9. The second-order valence-electron chi connectivity index (χ2n) is 20.2. The van der Waals surface area contributed by atoms with Gasteiger partial charge < -0.3 is 29.9 Å². The molecule has 3 N–H and O–H groups in total. The number of para-hydroxylation sites is 2. The lowest BCUT2D eigenvalue weighted by Crippen LogP contribution is -2.54. The number of hydrogen-bond acceptors (Lipinski definition) is 12. The van der Waals surface area contributed by atoms with Crippen LogP contribution in [-0.4, -0.2) is 112 Å². The monoisotopic (exact) mass is 941 g/mol. The first kappa shape index (κ1) is 46.7. The number of likely N-dealkylation sites (tertiary alicyclic amines) is 1. The number of rotatable bonds is 8. The molecule has 2 aromatic carbocycles. The highest BCUT2D eigenvalue weighted by Gasteiger charge is 2.38. The van der Waals surface area contributed by atoms with E-state index in [-0.39, 0.29) is 35.7 Å². The highest BCUT2D eigenvalue weighted by molar-refractivity contribution is 6.02. The summed E-state index contributed by atoms with van der Waals surface area (Å²) in [5.74, 6) is 2.74. The predicted molar refractivity (Wildman–Crippen MR) is 263 cm³/mol. The minimum Gasteiger partial charge on any atom is -0.489 e. The van der Waals surface area contributed by atoms with Crippen molar-refractivity contribution >= 4 is 41.0 Å². The number of carbonyl (C=O) groups is 4. The van der Waals surface area contributed by atoms with Gasteiger partial charge in [0.25, 0.3) is 0 Å². The third-order valence-corrected chi connectivity index (χ3v) is 16.1. The molecule has 0 bridgehead atoms. The van der Waals surface area contributed by atoms with Crippen molar-refractivity contribution in [2.24, 2.45) is 11.8 Å². The van der Waals surface area contributed by atoms with Crippen molar-refractivity contribution < 1.29 is 28.7 Å². The fourth-order valence-electron chi connectivity index (χ4n) is 12.2. The zero-order chi connectivity index (χ0) is 47.3. The van der Waals surface area contributed by atoms with Gasteiger partial charge in [-0.2, -0.15) is 5.10 Å². The topological polar surface area (TPSA) is 181 Å². The van der Waals surface area contributed by atoms with Gasteiger partial charge >= 0.3 is 6.09 Å². The summed E-state index contributed by atoms with van der Waals surface area (Å²) in [6.07, 6.45) is 23.4. The number of aromatic nitrogens is 4. The summed E-state index contributed by atoms with van der Waals surface area (Å²) >= 11 is 0. The third kappa shape index (κ3) is 10.5. The standard InChI is InChI=1S/C53H68N10O6/c54-51-46(32-43(57-58-51)42-14-9-10-17-47(42)69-53(67)59-26-24-37(25-27-59)36-12-7-5-3-1-2-4-6-8-13-36)63-34-40(33-55-63)61-29-28-60(35-49(61)65)39-20-18-38(19-21-39)41-15-11-16-44-50(41)68-31-30-62(44)45-22-23-48(64)56-52(45)66/h9-11,14-17,32-34,36-39,45H,1-8,12-13,18-31,35H2,(H2,54,58)(H,56,64,66)/t38?,39?,45-/m0/s1. The van der Waals surface area contributed by atoms with E-state index in [1.807, 2.05) is 29.2 Å². The number of ether oxygens (including phenoxy) is 2. The number of imide groups is 1. The molecule has 366 valence electrons. The number of hydrogen-bond donors (Lipinski definition) is 2. The molecule has 0 spiro atoms. The molecule has 16 nitrogen and oxygen atoms in total. The van der Waals surface area contributed by atoms with Gasteiger partial charge in [-0.15, -0.1) is 10.2 Å². The molecule has 2 aromatic heterocycles. The highest BCUT2D eigenvalue weighted by Crippen LogP contribution is 2.45. The van der Waals surface area contributed by atoms with E-state index in [0.29, 0.717) is 98.4 Å². The van der Waals surface area contributed by atoms with Crippen LogP contribution in [-0.2, 0) is 14.4 Å². The van der Waals surface area contributed by atoms with Crippen molar-refractivity contribution in [1.82, 2.24) is 35.1 Å². The molecule has 2 saturated carbocycles. The van der Waals surface area contributed by atoms with Gasteiger partial charge in [-0.1, -0.05) is 88.5 Å². The van der Waals surface area contributed by atoms with Crippen molar-refractivity contribution in [3.05, 3.63) is 66.5 Å². The van der Waals surface area contributed by atoms with Crippen LogP contribution in [0.5, 0.6) is 11.5 Å². The fraction of sp³-hybridized carbons (Fsp3) is 0.566. The SMILES string of the molecule is Nc1nnc(-c2ccccc2OC(=O)N2CCC(C3CCCCCCCCCC3)CC2)cc1-n1cc(N2CCN(C3CCC(c4cccc5c4OCCN5[C@H]4CCC(=O)NC4=O)CC3)CC2=O)cn1. The Morgan fingerprint density at radius 1 is 0.754 bits per heavy atom. The number of benzene rings is 2. The minimum atomic E-state index is -0.384. The Morgan fingerprint density at radius 2 is 1.49 bits per heavy atom. The molecule has 0 unspecified atom stereocenters. The minimum absolute atomic E-state index is 0.0180. The van der Waals surface area contributed by atoms with Crippen molar-refractivity contribution in [3.8, 4) is 28.4 Å². The number of nitrogen functional groups attached to an aromatic ring is 1. The van der Waals surface area contributed by atoms with Gasteiger partial charge in [0.1, 0.15) is 29.8 Å². The Morgan fingerprint density at radius 3 is 2.25 bits per heavy atom. The van der Waals surface area contributed by atoms with Crippen LogP contribution in [0, 0.1) is 11.8 Å². The number of nitrogens with one attached hydrogen (secondary N) is 1. The number of piperazine rings is 1. The lowest BCUT2D eigenvalue weighted by atomic mass is 9.78. The van der Waals surface area contributed by atoms with E-state index >= 15 is 0 Å². The molecule has 4 aromatic rings. The molecule has 0 radical (unpaired) electrons. The van der Waals surface area contributed by atoms with E-state index in [1.54, 1.807) is 34.1 Å². The van der Waals surface area contributed by atoms with Crippen LogP contribution in [0.4, 0.5) is 22.0 Å². The van der Waals surface area contributed by atoms with Crippen LogP contribution in [0.3, 0.4) is 0 Å². The van der Waals surface area contributed by atoms with Crippen LogP contribution >= 0.6 is 0 Å². The van der Waals surface area contributed by atoms with E-state index in [4.69, 9.17) is 15.2 Å². The zero-order valence-corrected chi connectivity index (χ0v) is 39.9. The number of piperidine rings is 2. The van der Waals surface area contributed by atoms with Crippen LogP contribution < -0.4 is 30.3 Å². The Bertz CT molecular complexity index is 2470. The molecule has 10 rings (SSSR count). The summed E-state index contributed by atoms with van der Waals surface area (Å²) in [4.78, 5) is 60.2. The van der Waals surface area contributed by atoms with E-state index in [2.05, 4.69) is 42.5 Å². The summed E-state index contributed by atoms with van der Waals surface area (Å²) in [6.45, 7) is 4.10. The lowest BCUT2D eigenvalue weighted by molar-refractivity contribution is -0.134. The summed E-state index contributed by atoms with van der Waals surface area (Å²) in [6, 6.07) is 15.3. The number of anilines is 3. The van der Waals surface area contributed by atoms with Gasteiger partial charge in [0.2, 0.25) is 17.7 Å². The predicted octanol–water partition coefficient (Wildman–Crippen LogP) is 8.03. The van der Waals surface area contributed by atoms with Crippen LogP contribution in [0.15, 0.2) is 60.9 Å². The molecule has 4 amide bonds. The van der Waals surface area contributed by atoms with Gasteiger partial charge in [-0.25, -0.2) is 9.48 Å². The fourth-order valence-corrected chi connectivity index (χ4v) is 12.2. The van der Waals surface area contributed by atoms with E-state index < -0.39 is 0 Å². The summed E-state index contributed by atoms with van der Waals surface area (Å²) < 4.78 is 14.0. The van der Waals surface area contributed by atoms with Gasteiger partial charge in [-0.3, -0.25) is 24.6 Å². The maximum atomic E-state index is 13.8. The molecule has 4 aliphatic heterocycles. The van der Waals surface area contributed by atoms with E-state index in [1.165, 1.54) is 69.8 Å². The number of fused-ring (bicyclic) bond motifs is 1. The smallest absolute Gasteiger partial charge is 0.415 e. The zero-order valence-electron chi connectivity index (χ0n) is 39.9. The Kier molecular flexibility index (Phi) is 14.4. The second-order valence-corrected chi connectivity index (χ2v) is 20.2. The van der Waals surface area contributed by atoms with Crippen molar-refractivity contribution in [3.63, 3.8) is 0 Å². The Balaban J connectivity index is 0.738. The number of nitrogens with two attached hydrogens (primary N) is 1. The molecular formula is C53H68N10O6. The largest absolute Gasteiger partial charge is 0.489 e. The molecule has 1 atom stereocenters. The first-order valence-electron chi connectivity index (χ1n) is 25.9. The van der Waals surface area contributed by atoms with E-state index in [9.17, 15) is 19.2 Å². The third-order valence-electron chi connectivity index (χ3n) is 16.1. The van der Waals surface area contributed by atoms with Gasteiger partial charge in [0.05, 0.1) is 42.6 Å². The summed E-state index contributed by atoms with van der Waals surface area (Å²) in [5, 5.41) is 15.8. The average Bonchev–Trinajstić information content (AvgIpc) is 3.84. The molecule has 5 fully saturated rings.